The summed E-state index contributed by atoms with van der Waals surface area (Å²) in [6.45, 7) is 0. The molecule has 2 heterocycles. The summed E-state index contributed by atoms with van der Waals surface area (Å²) < 4.78 is 11.6. The van der Waals surface area contributed by atoms with Crippen LogP contribution in [-0.4, -0.2) is 12.5 Å². The van der Waals surface area contributed by atoms with Crippen LogP contribution in [0, 0.1) is 0 Å². The zero-order valence-corrected chi connectivity index (χ0v) is 9.59. The Morgan fingerprint density at radius 2 is 1.11 bits per heavy atom. The third-order valence-electron chi connectivity index (χ3n) is 3.15. The minimum atomic E-state index is -0.213. The van der Waals surface area contributed by atoms with Gasteiger partial charge in [0.1, 0.15) is 11.5 Å². The van der Waals surface area contributed by atoms with Crippen LogP contribution in [0.2, 0.25) is 0 Å². The van der Waals surface area contributed by atoms with Gasteiger partial charge in [-0.1, -0.05) is 24.3 Å². The molecule has 4 rings (SSSR count). The molecule has 18 heavy (non-hydrogen) atoms. The van der Waals surface area contributed by atoms with Gasteiger partial charge in [-0.3, -0.25) is 0 Å². The lowest BCUT2D eigenvalue weighted by Crippen LogP contribution is -2.41. The normalized spacial score (nSPS) is 23.1. The largest absolute Gasteiger partial charge is 0.462 e. The smallest absolute Gasteiger partial charge is 0.226 e. The highest BCUT2D eigenvalue weighted by Gasteiger charge is 2.35. The minimum Gasteiger partial charge on any atom is -0.462 e. The van der Waals surface area contributed by atoms with Gasteiger partial charge in [0.2, 0.25) is 12.5 Å². The van der Waals surface area contributed by atoms with Crippen molar-refractivity contribution >= 4 is 11.4 Å². The number of hydrogen-bond acceptors (Lipinski definition) is 4. The Kier molecular flexibility index (Phi) is 1.91. The van der Waals surface area contributed by atoms with Crippen LogP contribution in [0.15, 0.2) is 48.5 Å². The molecule has 2 aromatic carbocycles. The Morgan fingerprint density at radius 3 is 1.56 bits per heavy atom. The summed E-state index contributed by atoms with van der Waals surface area (Å²) in [6, 6.07) is 15.8. The number of nitrogens with one attached hydrogen (secondary N) is 2. The quantitative estimate of drug-likeness (QED) is 0.804. The maximum absolute atomic E-state index is 5.82. The van der Waals surface area contributed by atoms with Crippen LogP contribution in [0.25, 0.3) is 0 Å². The Morgan fingerprint density at radius 1 is 0.667 bits per heavy atom. The van der Waals surface area contributed by atoms with Crippen LogP contribution in [-0.2, 0) is 0 Å². The Bertz CT molecular complexity index is 496. The van der Waals surface area contributed by atoms with E-state index < -0.39 is 0 Å². The molecule has 0 unspecified atom stereocenters. The lowest BCUT2D eigenvalue weighted by molar-refractivity contribution is 0.113. The second-order valence-corrected chi connectivity index (χ2v) is 4.36. The maximum Gasteiger partial charge on any atom is 0.226 e. The fourth-order valence-electron chi connectivity index (χ4n) is 2.29. The maximum atomic E-state index is 5.82. The van der Waals surface area contributed by atoms with E-state index in [1.54, 1.807) is 0 Å². The fourth-order valence-corrected chi connectivity index (χ4v) is 2.29. The number of para-hydroxylation sites is 4. The van der Waals surface area contributed by atoms with Crippen molar-refractivity contribution in [3.05, 3.63) is 48.5 Å². The summed E-state index contributed by atoms with van der Waals surface area (Å²) in [4.78, 5) is 0. The van der Waals surface area contributed by atoms with E-state index in [1.807, 2.05) is 48.5 Å². The van der Waals surface area contributed by atoms with Crippen LogP contribution >= 0.6 is 0 Å². The van der Waals surface area contributed by atoms with Crippen molar-refractivity contribution in [3.8, 4) is 11.5 Å². The molecule has 0 radical (unpaired) electrons. The first-order valence-electron chi connectivity index (χ1n) is 5.95. The van der Waals surface area contributed by atoms with Crippen molar-refractivity contribution in [3.63, 3.8) is 0 Å². The molecular formula is C14H12N2O2. The summed E-state index contributed by atoms with van der Waals surface area (Å²) >= 11 is 0. The summed E-state index contributed by atoms with van der Waals surface area (Å²) in [6.07, 6.45) is -0.426. The molecule has 0 amide bonds. The van der Waals surface area contributed by atoms with E-state index in [0.717, 1.165) is 22.9 Å². The van der Waals surface area contributed by atoms with Crippen molar-refractivity contribution in [1.82, 2.24) is 0 Å². The summed E-state index contributed by atoms with van der Waals surface area (Å²) in [7, 11) is 0. The molecule has 0 bridgehead atoms. The van der Waals surface area contributed by atoms with Crippen LogP contribution in [0.5, 0.6) is 11.5 Å². The number of hydrogen-bond donors (Lipinski definition) is 2. The molecule has 2 aliphatic heterocycles. The van der Waals surface area contributed by atoms with Crippen molar-refractivity contribution in [1.29, 1.82) is 0 Å². The average Bonchev–Trinajstić information content (AvgIpc) is 3.02. The standard InChI is InChI=1S/C14H12N2O2/c1-3-7-11-9(5-1)15-13(17-11)14-16-10-6-2-4-8-12(10)18-14/h1-8,13-16H/t13-,14-/m0/s1. The first-order chi connectivity index (χ1) is 8.90. The lowest BCUT2D eigenvalue weighted by Gasteiger charge is -2.18. The molecular weight excluding hydrogens is 228 g/mol. The summed E-state index contributed by atoms with van der Waals surface area (Å²) in [5.74, 6) is 1.73. The molecule has 0 saturated carbocycles. The molecule has 4 nitrogen and oxygen atoms in total. The molecule has 0 aromatic heterocycles. The predicted molar refractivity (Wildman–Crippen MR) is 69.0 cm³/mol. The Labute approximate surface area is 105 Å². The molecule has 0 aliphatic carbocycles. The van der Waals surface area contributed by atoms with E-state index in [2.05, 4.69) is 10.6 Å². The number of anilines is 2. The van der Waals surface area contributed by atoms with Crippen molar-refractivity contribution in [2.45, 2.75) is 12.5 Å². The van der Waals surface area contributed by atoms with Gasteiger partial charge in [-0.05, 0) is 24.3 Å². The predicted octanol–water partition coefficient (Wildman–Crippen LogP) is 2.65. The van der Waals surface area contributed by atoms with Crippen LogP contribution < -0.4 is 20.1 Å². The van der Waals surface area contributed by atoms with E-state index in [4.69, 9.17) is 9.47 Å². The third kappa shape index (κ3) is 1.39. The first kappa shape index (κ1) is 9.65. The van der Waals surface area contributed by atoms with Gasteiger partial charge < -0.3 is 20.1 Å². The zero-order chi connectivity index (χ0) is 11.9. The van der Waals surface area contributed by atoms with Gasteiger partial charge in [-0.2, -0.15) is 0 Å². The van der Waals surface area contributed by atoms with Gasteiger partial charge in [0.15, 0.2) is 0 Å². The molecule has 4 heteroatoms. The molecule has 0 fully saturated rings. The number of benzene rings is 2. The van der Waals surface area contributed by atoms with Gasteiger partial charge in [-0.15, -0.1) is 0 Å². The van der Waals surface area contributed by atoms with Crippen LogP contribution in [0.3, 0.4) is 0 Å². The van der Waals surface area contributed by atoms with E-state index in [0.29, 0.717) is 0 Å². The lowest BCUT2D eigenvalue weighted by atomic mass is 10.3. The van der Waals surface area contributed by atoms with Crippen molar-refractivity contribution in [2.24, 2.45) is 0 Å². The van der Waals surface area contributed by atoms with E-state index in [1.165, 1.54) is 0 Å². The first-order valence-corrected chi connectivity index (χ1v) is 5.95. The highest BCUT2D eigenvalue weighted by Crippen LogP contribution is 2.37. The van der Waals surface area contributed by atoms with Gasteiger partial charge in [0, 0.05) is 0 Å². The van der Waals surface area contributed by atoms with E-state index >= 15 is 0 Å². The monoisotopic (exact) mass is 240 g/mol. The SMILES string of the molecule is c1ccc2c(c1)N[C@H]([C@H]1Nc3ccccc3O1)O2. The summed E-state index contributed by atoms with van der Waals surface area (Å²) in [5, 5.41) is 6.60. The highest BCUT2D eigenvalue weighted by atomic mass is 16.6. The molecule has 0 spiro atoms. The number of ether oxygens (including phenoxy) is 2. The van der Waals surface area contributed by atoms with E-state index in [-0.39, 0.29) is 12.5 Å². The van der Waals surface area contributed by atoms with Gasteiger partial charge in [0.05, 0.1) is 11.4 Å². The second-order valence-electron chi connectivity index (χ2n) is 4.36. The van der Waals surface area contributed by atoms with Crippen molar-refractivity contribution < 1.29 is 9.47 Å². The second kappa shape index (κ2) is 3.57. The number of rotatable bonds is 1. The van der Waals surface area contributed by atoms with Gasteiger partial charge in [0.25, 0.3) is 0 Å². The van der Waals surface area contributed by atoms with Crippen LogP contribution in [0.1, 0.15) is 0 Å². The van der Waals surface area contributed by atoms with Gasteiger partial charge in [-0.25, -0.2) is 0 Å². The zero-order valence-electron chi connectivity index (χ0n) is 9.59. The average molecular weight is 240 g/mol. The molecule has 2 atom stereocenters. The van der Waals surface area contributed by atoms with Gasteiger partial charge >= 0.3 is 0 Å². The molecule has 2 N–H and O–H groups in total. The molecule has 2 aromatic rings. The van der Waals surface area contributed by atoms with E-state index in [9.17, 15) is 0 Å². The van der Waals surface area contributed by atoms with Crippen LogP contribution in [0.4, 0.5) is 11.4 Å². The van der Waals surface area contributed by atoms with Crippen molar-refractivity contribution in [2.75, 3.05) is 10.6 Å². The Hall–Kier alpha value is -2.36. The molecule has 2 aliphatic rings. The summed E-state index contributed by atoms with van der Waals surface area (Å²) in [5.41, 5.74) is 2.01. The third-order valence-corrected chi connectivity index (χ3v) is 3.15. The Balaban J connectivity index is 1.56. The fraction of sp³-hybridized carbons (Fsp3) is 0.143. The molecule has 0 saturated heterocycles. The topological polar surface area (TPSA) is 42.5 Å². The highest BCUT2D eigenvalue weighted by molar-refractivity contribution is 5.63. The minimum absolute atomic E-state index is 0.213. The number of fused-ring (bicyclic) bond motifs is 2. The molecule has 90 valence electrons.